The summed E-state index contributed by atoms with van der Waals surface area (Å²) in [6.07, 6.45) is 13.5. The van der Waals surface area contributed by atoms with Crippen molar-refractivity contribution in [3.05, 3.63) is 163 Å². The average molecular weight is 755 g/mol. The van der Waals surface area contributed by atoms with Crippen LogP contribution in [0.25, 0.3) is 86.2 Å². The van der Waals surface area contributed by atoms with E-state index in [1.165, 1.54) is 9.13 Å². The molecule has 6 atom stereocenters. The lowest BCUT2D eigenvalue weighted by Gasteiger charge is -2.17. The Morgan fingerprint density at radius 3 is 0.879 bits per heavy atom. The van der Waals surface area contributed by atoms with Gasteiger partial charge in [-0.25, -0.2) is 0 Å². The van der Waals surface area contributed by atoms with Gasteiger partial charge in [0.2, 0.25) is 0 Å². The third-order valence-corrected chi connectivity index (χ3v) is 14.7. The first-order valence-corrected chi connectivity index (χ1v) is 20.8. The molecule has 6 heteroatoms. The highest BCUT2D eigenvalue weighted by molar-refractivity contribution is 6.10. The molecule has 0 saturated heterocycles. The molecule has 0 spiro atoms. The molecule has 9 aromatic rings. The molecule has 280 valence electrons. The maximum atomic E-state index is 13.6. The third kappa shape index (κ3) is 4.72. The summed E-state index contributed by atoms with van der Waals surface area (Å²) in [6.45, 7) is 0.996. The first-order valence-electron chi connectivity index (χ1n) is 20.8. The maximum absolute atomic E-state index is 13.6. The summed E-state index contributed by atoms with van der Waals surface area (Å²) in [4.78, 5) is 54.4. The number of rotatable bonds is 4. The molecule has 2 aromatic heterocycles. The van der Waals surface area contributed by atoms with Gasteiger partial charge in [-0.05, 0) is 199 Å². The van der Waals surface area contributed by atoms with Gasteiger partial charge in [-0.15, -0.1) is 0 Å². The van der Waals surface area contributed by atoms with Crippen molar-refractivity contribution in [1.29, 1.82) is 0 Å². The minimum Gasteiger partial charge on any atom is -0.274 e. The van der Waals surface area contributed by atoms with Gasteiger partial charge in [0, 0.05) is 13.1 Å². The summed E-state index contributed by atoms with van der Waals surface area (Å²) >= 11 is 0. The fourth-order valence-corrected chi connectivity index (χ4v) is 11.7. The molecule has 4 aliphatic rings. The van der Waals surface area contributed by atoms with Crippen LogP contribution in [0.3, 0.4) is 0 Å². The number of fused-ring (bicyclic) bond motifs is 12. The Hall–Kier alpha value is -6.40. The van der Waals surface area contributed by atoms with Crippen molar-refractivity contribution in [3.8, 4) is 0 Å². The molecule has 58 heavy (non-hydrogen) atoms. The van der Waals surface area contributed by atoms with Gasteiger partial charge in [-0.1, -0.05) is 48.6 Å². The van der Waals surface area contributed by atoms with Crippen molar-refractivity contribution in [2.75, 3.05) is 0 Å². The summed E-state index contributed by atoms with van der Waals surface area (Å²) in [5.41, 5.74) is -0.677. The van der Waals surface area contributed by atoms with E-state index in [-0.39, 0.29) is 22.2 Å². The van der Waals surface area contributed by atoms with Gasteiger partial charge in [0.25, 0.3) is 22.2 Å². The Morgan fingerprint density at radius 2 is 0.621 bits per heavy atom. The van der Waals surface area contributed by atoms with Crippen molar-refractivity contribution in [1.82, 2.24) is 9.13 Å². The van der Waals surface area contributed by atoms with E-state index in [2.05, 4.69) is 97.1 Å². The molecule has 0 N–H and O–H groups in total. The zero-order chi connectivity index (χ0) is 38.6. The van der Waals surface area contributed by atoms with Gasteiger partial charge in [-0.2, -0.15) is 0 Å². The van der Waals surface area contributed by atoms with Crippen LogP contribution in [0.2, 0.25) is 0 Å². The average Bonchev–Trinajstić information content (AvgIpc) is 4.10. The lowest BCUT2D eigenvalue weighted by Crippen LogP contribution is -2.30. The summed E-state index contributed by atoms with van der Waals surface area (Å²) < 4.78 is 2.99. The van der Waals surface area contributed by atoms with Crippen LogP contribution in [-0.4, -0.2) is 9.13 Å². The Morgan fingerprint density at radius 1 is 0.345 bits per heavy atom. The second kappa shape index (κ2) is 11.6. The SMILES string of the molecule is O=c1c2cc3cc4cc5ccc6cc7cc8cc9c(=O)n(CC%10CC%11C=CC%10C%11)c(=O)c9cc8cc7cc6ccc5cc4cc3cc2c(=O)n1CC1CC2C=CC1C2. The van der Waals surface area contributed by atoms with Crippen LogP contribution in [-0.2, 0) is 13.1 Å². The molecular formula is C52H38N2O4. The second-order valence-corrected chi connectivity index (χ2v) is 18.0. The predicted molar refractivity (Wildman–Crippen MR) is 236 cm³/mol. The van der Waals surface area contributed by atoms with Gasteiger partial charge in [0.05, 0.1) is 21.5 Å². The van der Waals surface area contributed by atoms with E-state index in [0.717, 1.165) is 90.3 Å². The molecular weight excluding hydrogens is 717 g/mol. The molecule has 13 rings (SSSR count). The van der Waals surface area contributed by atoms with E-state index in [4.69, 9.17) is 0 Å². The Kier molecular flexibility index (Phi) is 6.53. The zero-order valence-electron chi connectivity index (χ0n) is 31.8. The van der Waals surface area contributed by atoms with Crippen molar-refractivity contribution < 1.29 is 0 Å². The fourth-order valence-electron chi connectivity index (χ4n) is 11.7. The molecule has 0 aliphatic heterocycles. The number of nitrogens with zero attached hydrogens (tertiary/aromatic N) is 2. The number of allylic oxidation sites excluding steroid dienone is 4. The predicted octanol–water partition coefficient (Wildman–Crippen LogP) is 9.82. The fraction of sp³-hybridized carbons (Fsp3) is 0.231. The van der Waals surface area contributed by atoms with Crippen molar-refractivity contribution in [3.63, 3.8) is 0 Å². The van der Waals surface area contributed by atoms with E-state index in [1.54, 1.807) is 0 Å². The maximum Gasteiger partial charge on any atom is 0.261 e. The van der Waals surface area contributed by atoms with Gasteiger partial charge in [-0.3, -0.25) is 28.3 Å². The second-order valence-electron chi connectivity index (χ2n) is 18.0. The summed E-state index contributed by atoms with van der Waals surface area (Å²) in [5, 5.41) is 14.5. The highest BCUT2D eigenvalue weighted by atomic mass is 16.2. The normalized spacial score (nSPS) is 23.5. The topological polar surface area (TPSA) is 78.1 Å². The van der Waals surface area contributed by atoms with Gasteiger partial charge >= 0.3 is 0 Å². The first-order chi connectivity index (χ1) is 28.3. The molecule has 4 aliphatic carbocycles. The quantitative estimate of drug-likeness (QED) is 0.132. The minimum absolute atomic E-state index is 0.169. The summed E-state index contributed by atoms with van der Waals surface area (Å²) in [5.74, 6) is 2.83. The third-order valence-electron chi connectivity index (χ3n) is 14.7. The minimum atomic E-state index is -0.169. The van der Waals surface area contributed by atoms with Crippen LogP contribution >= 0.6 is 0 Å². The Labute approximate surface area is 331 Å². The molecule has 0 radical (unpaired) electrons. The standard InChI is InChI=1S/C52H38N2O4/c55-49-45-21-39-17-35-13-31-5-7-33-15-37-19-41-23-47-48(52(58)54(51(47)57)26-44-12-28-2-4-30(44)10-28)24-42(41)20-38(37)16-34(33)8-6-32(31)14-36(35)18-40(39)22-46(45)50(56)53(49)25-43-11-27-1-3-29(43)9-27/h1-8,13-24,27-30,43-44H,9-12,25-26H2. The number of aromatic nitrogens is 2. The smallest absolute Gasteiger partial charge is 0.261 e. The van der Waals surface area contributed by atoms with Crippen molar-refractivity contribution >= 4 is 86.2 Å². The van der Waals surface area contributed by atoms with Crippen LogP contribution in [0.15, 0.2) is 141 Å². The van der Waals surface area contributed by atoms with Crippen LogP contribution in [0.5, 0.6) is 0 Å². The summed E-state index contributed by atoms with van der Waals surface area (Å²) in [6, 6.07) is 33.7. The zero-order valence-corrected chi connectivity index (χ0v) is 31.8. The van der Waals surface area contributed by atoms with Crippen molar-refractivity contribution in [2.45, 2.75) is 38.8 Å². The van der Waals surface area contributed by atoms with Crippen LogP contribution in [0.1, 0.15) is 25.7 Å². The van der Waals surface area contributed by atoms with Gasteiger partial charge < -0.3 is 0 Å². The van der Waals surface area contributed by atoms with Gasteiger partial charge in [0.1, 0.15) is 0 Å². The summed E-state index contributed by atoms with van der Waals surface area (Å²) in [7, 11) is 0. The molecule has 4 bridgehead atoms. The molecule has 2 saturated carbocycles. The first kappa shape index (κ1) is 32.7. The molecule has 6 unspecified atom stereocenters. The van der Waals surface area contributed by atoms with E-state index in [0.29, 0.717) is 70.1 Å². The molecule has 0 amide bonds. The number of benzene rings is 6. The lowest BCUT2D eigenvalue weighted by atomic mass is 9.93. The Bertz CT molecular complexity index is 3230. The monoisotopic (exact) mass is 754 g/mol. The highest BCUT2D eigenvalue weighted by Gasteiger charge is 2.37. The largest absolute Gasteiger partial charge is 0.274 e. The van der Waals surface area contributed by atoms with Crippen molar-refractivity contribution in [2.24, 2.45) is 35.5 Å². The Balaban J connectivity index is 0.892. The molecule has 7 aromatic carbocycles. The van der Waals surface area contributed by atoms with Crippen LogP contribution in [0, 0.1) is 35.5 Å². The molecule has 6 nitrogen and oxygen atoms in total. The van der Waals surface area contributed by atoms with E-state index >= 15 is 0 Å². The lowest BCUT2D eigenvalue weighted by molar-refractivity contribution is 0.377. The molecule has 2 heterocycles. The van der Waals surface area contributed by atoms with E-state index < -0.39 is 0 Å². The molecule has 2 fully saturated rings. The van der Waals surface area contributed by atoms with E-state index in [9.17, 15) is 19.2 Å². The number of hydrogen-bond donors (Lipinski definition) is 0. The van der Waals surface area contributed by atoms with Crippen LogP contribution in [0.4, 0.5) is 0 Å². The number of hydrogen-bond acceptors (Lipinski definition) is 4. The van der Waals surface area contributed by atoms with Crippen LogP contribution < -0.4 is 22.2 Å². The van der Waals surface area contributed by atoms with E-state index in [1.807, 2.05) is 24.3 Å². The highest BCUT2D eigenvalue weighted by Crippen LogP contribution is 2.45. The van der Waals surface area contributed by atoms with Gasteiger partial charge in [0.15, 0.2) is 0 Å².